The van der Waals surface area contributed by atoms with Crippen LogP contribution >= 0.6 is 0 Å². The second-order valence-corrected chi connectivity index (χ2v) is 11.5. The predicted molar refractivity (Wildman–Crippen MR) is 125 cm³/mol. The lowest BCUT2D eigenvalue weighted by Gasteiger charge is -2.47. The average molecular weight is 433 g/mol. The van der Waals surface area contributed by atoms with Gasteiger partial charge < -0.3 is 20.4 Å². The van der Waals surface area contributed by atoms with Crippen LogP contribution in [0.5, 0.6) is 0 Å². The van der Waals surface area contributed by atoms with Crippen LogP contribution in [0.1, 0.15) is 85.5 Å². The van der Waals surface area contributed by atoms with Crippen LogP contribution in [0.15, 0.2) is 35.5 Å². The largest absolute Gasteiger partial charge is 0.393 e. The highest BCUT2D eigenvalue weighted by atomic mass is 16.3. The zero-order chi connectivity index (χ0) is 23.0. The number of aliphatic hydroxyl groups is 4. The molecule has 3 aliphatic carbocycles. The van der Waals surface area contributed by atoms with E-state index in [1.54, 1.807) is 0 Å². The van der Waals surface area contributed by atoms with Crippen molar-refractivity contribution in [3.8, 4) is 0 Å². The van der Waals surface area contributed by atoms with Gasteiger partial charge in [-0.3, -0.25) is 0 Å². The highest BCUT2D eigenvalue weighted by Gasteiger charge is 2.55. The number of hydrogen-bond donors (Lipinski definition) is 4. The van der Waals surface area contributed by atoms with Crippen LogP contribution in [0.3, 0.4) is 0 Å². The molecule has 0 aromatic carbocycles. The van der Waals surface area contributed by atoms with Crippen molar-refractivity contribution in [3.63, 3.8) is 0 Å². The summed E-state index contributed by atoms with van der Waals surface area (Å²) in [6.45, 7) is 12.5. The van der Waals surface area contributed by atoms with Crippen molar-refractivity contribution in [1.82, 2.24) is 0 Å². The van der Waals surface area contributed by atoms with Crippen LogP contribution in [-0.4, -0.2) is 44.3 Å². The first-order valence-corrected chi connectivity index (χ1v) is 12.3. The Kier molecular flexibility index (Phi) is 7.57. The molecule has 3 aliphatic rings. The standard InChI is InChI=1S/C27H44O4/c1-17(2)13-22(29)16-27(5,31)25-11-10-23-19(7-6-12-26(23,25)4)8-9-20-14-21(28)15-24(30)18(20)3/h8-9,17,21-25,28-31H,3,6-7,10-16H2,1-2,4-5H3/b19-8?,20-9-/t21-,22?,23?,24?,25+,26+,27+/m1/s1. The molecule has 3 unspecified atom stereocenters. The molecule has 0 heterocycles. The van der Waals surface area contributed by atoms with Crippen LogP contribution in [0.4, 0.5) is 0 Å². The molecular formula is C27H44O4. The molecule has 3 saturated carbocycles. The Hall–Kier alpha value is -0.940. The molecule has 0 bridgehead atoms. The molecule has 0 amide bonds. The van der Waals surface area contributed by atoms with Gasteiger partial charge in [0.15, 0.2) is 0 Å². The summed E-state index contributed by atoms with van der Waals surface area (Å²) in [5.74, 6) is 1.03. The molecule has 176 valence electrons. The van der Waals surface area contributed by atoms with E-state index in [0.29, 0.717) is 31.1 Å². The summed E-state index contributed by atoms with van der Waals surface area (Å²) in [5.41, 5.74) is 2.26. The van der Waals surface area contributed by atoms with E-state index in [9.17, 15) is 20.4 Å². The summed E-state index contributed by atoms with van der Waals surface area (Å²) in [5, 5.41) is 42.1. The molecule has 7 atom stereocenters. The van der Waals surface area contributed by atoms with Crippen molar-refractivity contribution >= 4 is 0 Å². The van der Waals surface area contributed by atoms with Crippen LogP contribution in [0.25, 0.3) is 0 Å². The molecule has 4 N–H and O–H groups in total. The van der Waals surface area contributed by atoms with Gasteiger partial charge in [-0.2, -0.15) is 0 Å². The van der Waals surface area contributed by atoms with Gasteiger partial charge >= 0.3 is 0 Å². The maximum absolute atomic E-state index is 11.5. The second kappa shape index (κ2) is 9.51. The van der Waals surface area contributed by atoms with Gasteiger partial charge in [-0.15, -0.1) is 0 Å². The lowest BCUT2D eigenvalue weighted by atomic mass is 9.59. The maximum atomic E-state index is 11.5. The summed E-state index contributed by atoms with van der Waals surface area (Å²) < 4.78 is 0. The summed E-state index contributed by atoms with van der Waals surface area (Å²) in [7, 11) is 0. The average Bonchev–Trinajstić information content (AvgIpc) is 3.00. The summed E-state index contributed by atoms with van der Waals surface area (Å²) in [4.78, 5) is 0. The summed E-state index contributed by atoms with van der Waals surface area (Å²) in [6, 6.07) is 0. The topological polar surface area (TPSA) is 80.9 Å². The van der Waals surface area contributed by atoms with Gasteiger partial charge in [0, 0.05) is 12.8 Å². The van der Waals surface area contributed by atoms with E-state index in [1.807, 2.05) is 6.92 Å². The number of fused-ring (bicyclic) bond motifs is 1. The first-order chi connectivity index (χ1) is 14.4. The van der Waals surface area contributed by atoms with Gasteiger partial charge in [0.05, 0.1) is 23.9 Å². The van der Waals surface area contributed by atoms with E-state index < -0.39 is 23.9 Å². The maximum Gasteiger partial charge on any atom is 0.0811 e. The Morgan fingerprint density at radius 1 is 1.23 bits per heavy atom. The van der Waals surface area contributed by atoms with Crippen molar-refractivity contribution in [2.45, 2.75) is 109 Å². The zero-order valence-electron chi connectivity index (χ0n) is 20.0. The normalized spacial score (nSPS) is 39.7. The third-order valence-electron chi connectivity index (χ3n) is 8.37. The Balaban J connectivity index is 1.78. The minimum absolute atomic E-state index is 0.0340. The second-order valence-electron chi connectivity index (χ2n) is 11.5. The fraction of sp³-hybridized carbons (Fsp3) is 0.778. The van der Waals surface area contributed by atoms with E-state index in [-0.39, 0.29) is 11.3 Å². The molecule has 0 saturated heterocycles. The van der Waals surface area contributed by atoms with Gasteiger partial charge in [0.1, 0.15) is 0 Å². The smallest absolute Gasteiger partial charge is 0.0811 e. The molecule has 4 nitrogen and oxygen atoms in total. The van der Waals surface area contributed by atoms with Gasteiger partial charge in [-0.05, 0) is 86.2 Å². The fourth-order valence-electron chi connectivity index (χ4n) is 6.97. The molecule has 0 aromatic rings. The monoisotopic (exact) mass is 432 g/mol. The molecule has 0 aromatic heterocycles. The van der Waals surface area contributed by atoms with Gasteiger partial charge in [0.2, 0.25) is 0 Å². The fourth-order valence-corrected chi connectivity index (χ4v) is 6.97. The third kappa shape index (κ3) is 5.35. The molecule has 0 aliphatic heterocycles. The van der Waals surface area contributed by atoms with Crippen molar-refractivity contribution in [3.05, 3.63) is 35.5 Å². The molecular weight excluding hydrogens is 388 g/mol. The van der Waals surface area contributed by atoms with Gasteiger partial charge in [-0.25, -0.2) is 0 Å². The predicted octanol–water partition coefficient (Wildman–Crippen LogP) is 4.68. The Labute approximate surface area is 188 Å². The highest BCUT2D eigenvalue weighted by molar-refractivity contribution is 5.38. The first kappa shape index (κ1) is 24.7. The van der Waals surface area contributed by atoms with E-state index >= 15 is 0 Å². The SMILES string of the molecule is C=C1/C(=C\C=C2CCC[C@@]3(C)C2CC[C@@H]3[C@@](C)(O)CC(O)CC(C)C)C[C@@H](O)CC1O. The van der Waals surface area contributed by atoms with Crippen LogP contribution < -0.4 is 0 Å². The lowest BCUT2D eigenvalue weighted by Crippen LogP contribution is -2.47. The van der Waals surface area contributed by atoms with Crippen molar-refractivity contribution < 1.29 is 20.4 Å². The molecule has 0 spiro atoms. The zero-order valence-corrected chi connectivity index (χ0v) is 20.0. The first-order valence-electron chi connectivity index (χ1n) is 12.3. The Bertz CT molecular complexity index is 719. The van der Waals surface area contributed by atoms with E-state index in [0.717, 1.165) is 49.7 Å². The number of rotatable bonds is 6. The molecule has 4 heteroatoms. The van der Waals surface area contributed by atoms with Crippen molar-refractivity contribution in [1.29, 1.82) is 0 Å². The van der Waals surface area contributed by atoms with Crippen LogP contribution in [0.2, 0.25) is 0 Å². The number of hydrogen-bond acceptors (Lipinski definition) is 4. The summed E-state index contributed by atoms with van der Waals surface area (Å²) >= 11 is 0. The van der Waals surface area contributed by atoms with Crippen molar-refractivity contribution in [2.75, 3.05) is 0 Å². The van der Waals surface area contributed by atoms with Crippen LogP contribution in [-0.2, 0) is 0 Å². The molecule has 31 heavy (non-hydrogen) atoms. The Morgan fingerprint density at radius 2 is 1.94 bits per heavy atom. The lowest BCUT2D eigenvalue weighted by molar-refractivity contribution is -0.0867. The van der Waals surface area contributed by atoms with E-state index in [4.69, 9.17) is 0 Å². The number of aliphatic hydroxyl groups excluding tert-OH is 3. The van der Waals surface area contributed by atoms with Crippen molar-refractivity contribution in [2.24, 2.45) is 23.2 Å². The van der Waals surface area contributed by atoms with E-state index in [2.05, 4.69) is 39.5 Å². The van der Waals surface area contributed by atoms with E-state index in [1.165, 1.54) is 5.57 Å². The molecule has 0 radical (unpaired) electrons. The van der Waals surface area contributed by atoms with Gasteiger partial charge in [-0.1, -0.05) is 45.1 Å². The third-order valence-corrected chi connectivity index (χ3v) is 8.37. The highest BCUT2D eigenvalue weighted by Crippen LogP contribution is 2.60. The minimum Gasteiger partial charge on any atom is -0.393 e. The molecule has 3 rings (SSSR count). The quantitative estimate of drug-likeness (QED) is 0.491. The number of allylic oxidation sites excluding steroid dienone is 3. The minimum atomic E-state index is -0.870. The van der Waals surface area contributed by atoms with Gasteiger partial charge in [0.25, 0.3) is 0 Å². The Morgan fingerprint density at radius 3 is 2.61 bits per heavy atom. The molecule has 3 fully saturated rings. The summed E-state index contributed by atoms with van der Waals surface area (Å²) in [6.07, 6.45) is 10.1. The van der Waals surface area contributed by atoms with Crippen LogP contribution in [0, 0.1) is 23.2 Å².